The molecule has 0 aliphatic carbocycles. The van der Waals surface area contributed by atoms with E-state index in [9.17, 15) is 9.18 Å². The van der Waals surface area contributed by atoms with Crippen molar-refractivity contribution in [2.75, 3.05) is 0 Å². The number of halogens is 1. The Kier molecular flexibility index (Phi) is 3.60. The van der Waals surface area contributed by atoms with E-state index in [-0.39, 0.29) is 11.6 Å². The third-order valence-electron chi connectivity index (χ3n) is 3.25. The molecule has 1 aromatic heterocycles. The SMILES string of the molecule is O=C(c1ccc(F)cc1)c1cncn1Cc1ccccc1. The highest BCUT2D eigenvalue weighted by molar-refractivity contribution is 6.07. The van der Waals surface area contributed by atoms with Gasteiger partial charge in [-0.1, -0.05) is 30.3 Å². The molecule has 0 saturated carbocycles. The zero-order chi connectivity index (χ0) is 14.7. The Bertz CT molecular complexity index is 748. The molecule has 2 aromatic carbocycles. The van der Waals surface area contributed by atoms with Crippen molar-refractivity contribution < 1.29 is 9.18 Å². The molecule has 3 rings (SSSR count). The summed E-state index contributed by atoms with van der Waals surface area (Å²) in [6.07, 6.45) is 3.17. The number of ketones is 1. The number of rotatable bonds is 4. The van der Waals surface area contributed by atoms with Crippen LogP contribution in [0.5, 0.6) is 0 Å². The maximum atomic E-state index is 12.9. The van der Waals surface area contributed by atoms with Gasteiger partial charge in [0.25, 0.3) is 0 Å². The van der Waals surface area contributed by atoms with Gasteiger partial charge in [-0.2, -0.15) is 0 Å². The minimum Gasteiger partial charge on any atom is -0.323 e. The maximum Gasteiger partial charge on any atom is 0.211 e. The van der Waals surface area contributed by atoms with Gasteiger partial charge in [0.1, 0.15) is 11.5 Å². The van der Waals surface area contributed by atoms with Crippen molar-refractivity contribution in [1.82, 2.24) is 9.55 Å². The van der Waals surface area contributed by atoms with Crippen molar-refractivity contribution >= 4 is 5.78 Å². The number of nitrogens with zero attached hydrogens (tertiary/aromatic N) is 2. The zero-order valence-electron chi connectivity index (χ0n) is 11.2. The Balaban J connectivity index is 1.88. The van der Waals surface area contributed by atoms with Crippen molar-refractivity contribution in [2.45, 2.75) is 6.54 Å². The van der Waals surface area contributed by atoms with Crippen molar-refractivity contribution in [1.29, 1.82) is 0 Å². The highest BCUT2D eigenvalue weighted by atomic mass is 19.1. The first kappa shape index (κ1) is 13.2. The van der Waals surface area contributed by atoms with Crippen LogP contribution in [0.4, 0.5) is 4.39 Å². The second-order valence-corrected chi connectivity index (χ2v) is 4.73. The molecule has 0 atom stereocenters. The Labute approximate surface area is 121 Å². The lowest BCUT2D eigenvalue weighted by Crippen LogP contribution is -2.10. The molecule has 1 heterocycles. The average molecular weight is 280 g/mol. The number of aromatic nitrogens is 2. The Morgan fingerprint density at radius 3 is 2.48 bits per heavy atom. The highest BCUT2D eigenvalue weighted by Gasteiger charge is 2.14. The van der Waals surface area contributed by atoms with Crippen LogP contribution >= 0.6 is 0 Å². The lowest BCUT2D eigenvalue weighted by molar-refractivity contribution is 0.103. The number of hydrogen-bond donors (Lipinski definition) is 0. The molecule has 0 amide bonds. The summed E-state index contributed by atoms with van der Waals surface area (Å²) >= 11 is 0. The third-order valence-corrected chi connectivity index (χ3v) is 3.25. The van der Waals surface area contributed by atoms with Gasteiger partial charge in [0.05, 0.1) is 12.5 Å². The van der Waals surface area contributed by atoms with E-state index >= 15 is 0 Å². The maximum absolute atomic E-state index is 12.9. The summed E-state index contributed by atoms with van der Waals surface area (Å²) in [7, 11) is 0. The molecule has 3 nitrogen and oxygen atoms in total. The molecule has 0 aliphatic heterocycles. The topological polar surface area (TPSA) is 34.9 Å². The fourth-order valence-electron chi connectivity index (χ4n) is 2.17. The van der Waals surface area contributed by atoms with Crippen LogP contribution in [-0.2, 0) is 6.54 Å². The Hall–Kier alpha value is -2.75. The fourth-order valence-corrected chi connectivity index (χ4v) is 2.17. The molecule has 3 aromatic rings. The van der Waals surface area contributed by atoms with Gasteiger partial charge in [-0.3, -0.25) is 4.79 Å². The third kappa shape index (κ3) is 2.89. The van der Waals surface area contributed by atoms with E-state index in [2.05, 4.69) is 4.98 Å². The Morgan fingerprint density at radius 1 is 1.05 bits per heavy atom. The first-order valence-electron chi connectivity index (χ1n) is 6.58. The van der Waals surface area contributed by atoms with Gasteiger partial charge >= 0.3 is 0 Å². The van der Waals surface area contributed by atoms with E-state index < -0.39 is 0 Å². The van der Waals surface area contributed by atoms with Crippen molar-refractivity contribution in [3.05, 3.63) is 89.8 Å². The smallest absolute Gasteiger partial charge is 0.211 e. The van der Waals surface area contributed by atoms with Gasteiger partial charge in [0.2, 0.25) is 5.78 Å². The monoisotopic (exact) mass is 280 g/mol. The van der Waals surface area contributed by atoms with Gasteiger partial charge in [0.15, 0.2) is 0 Å². The first-order chi connectivity index (χ1) is 10.2. The van der Waals surface area contributed by atoms with E-state index in [1.54, 1.807) is 10.9 Å². The lowest BCUT2D eigenvalue weighted by atomic mass is 10.1. The van der Waals surface area contributed by atoms with Crippen molar-refractivity contribution in [3.63, 3.8) is 0 Å². The number of carbonyl (C=O) groups excluding carboxylic acids is 1. The van der Waals surface area contributed by atoms with E-state index in [1.807, 2.05) is 30.3 Å². The molecule has 0 bridgehead atoms. The largest absolute Gasteiger partial charge is 0.323 e. The van der Waals surface area contributed by atoms with Crippen LogP contribution in [0.1, 0.15) is 21.6 Å². The number of carbonyl (C=O) groups is 1. The normalized spacial score (nSPS) is 10.5. The standard InChI is InChI=1S/C17H13FN2O/c18-15-8-6-14(7-9-15)17(21)16-10-19-12-20(16)11-13-4-2-1-3-5-13/h1-10,12H,11H2. The lowest BCUT2D eigenvalue weighted by Gasteiger charge is -2.07. The van der Waals surface area contributed by atoms with E-state index in [4.69, 9.17) is 0 Å². The van der Waals surface area contributed by atoms with Crippen molar-refractivity contribution in [2.24, 2.45) is 0 Å². The number of hydrogen-bond acceptors (Lipinski definition) is 2. The van der Waals surface area contributed by atoms with Gasteiger partial charge in [-0.05, 0) is 29.8 Å². The molecule has 21 heavy (non-hydrogen) atoms. The van der Waals surface area contributed by atoms with Gasteiger partial charge < -0.3 is 4.57 Å². The minimum atomic E-state index is -0.357. The van der Waals surface area contributed by atoms with Crippen LogP contribution in [0.25, 0.3) is 0 Å². The predicted octanol–water partition coefficient (Wildman–Crippen LogP) is 3.30. The highest BCUT2D eigenvalue weighted by Crippen LogP contribution is 2.12. The second kappa shape index (κ2) is 5.71. The van der Waals surface area contributed by atoms with Crippen LogP contribution in [0.2, 0.25) is 0 Å². The van der Waals surface area contributed by atoms with Crippen LogP contribution in [-0.4, -0.2) is 15.3 Å². The van der Waals surface area contributed by atoms with Crippen LogP contribution in [0.3, 0.4) is 0 Å². The molecule has 0 spiro atoms. The second-order valence-electron chi connectivity index (χ2n) is 4.73. The fraction of sp³-hybridized carbons (Fsp3) is 0.0588. The molecule has 0 radical (unpaired) electrons. The predicted molar refractivity (Wildman–Crippen MR) is 77.6 cm³/mol. The summed E-state index contributed by atoms with van der Waals surface area (Å²) in [5.41, 5.74) is 2.03. The Morgan fingerprint density at radius 2 is 1.76 bits per heavy atom. The van der Waals surface area contributed by atoms with Crippen molar-refractivity contribution in [3.8, 4) is 0 Å². The molecule has 0 saturated heterocycles. The van der Waals surface area contributed by atoms with E-state index in [0.29, 0.717) is 17.8 Å². The van der Waals surface area contributed by atoms with Gasteiger partial charge in [0, 0.05) is 12.1 Å². The number of benzene rings is 2. The first-order valence-corrected chi connectivity index (χ1v) is 6.58. The summed E-state index contributed by atoms with van der Waals surface area (Å²) in [6, 6.07) is 15.4. The van der Waals surface area contributed by atoms with Crippen LogP contribution < -0.4 is 0 Å². The zero-order valence-corrected chi connectivity index (χ0v) is 11.2. The quantitative estimate of drug-likeness (QED) is 0.687. The molecule has 0 aliphatic rings. The molecule has 4 heteroatoms. The molecule has 0 fully saturated rings. The average Bonchev–Trinajstić information content (AvgIpc) is 2.96. The molecular formula is C17H13FN2O. The molecule has 104 valence electrons. The van der Waals surface area contributed by atoms with E-state index in [1.165, 1.54) is 30.5 Å². The van der Waals surface area contributed by atoms with Crippen LogP contribution in [0.15, 0.2) is 67.1 Å². The van der Waals surface area contributed by atoms with E-state index in [0.717, 1.165) is 5.56 Å². The van der Waals surface area contributed by atoms with Crippen LogP contribution in [0, 0.1) is 5.82 Å². The van der Waals surface area contributed by atoms with Gasteiger partial charge in [-0.25, -0.2) is 9.37 Å². The minimum absolute atomic E-state index is 0.163. The molecular weight excluding hydrogens is 267 g/mol. The molecule has 0 unspecified atom stereocenters. The molecule has 0 N–H and O–H groups in total. The van der Waals surface area contributed by atoms with Gasteiger partial charge in [-0.15, -0.1) is 0 Å². The summed E-state index contributed by atoms with van der Waals surface area (Å²) in [4.78, 5) is 16.5. The summed E-state index contributed by atoms with van der Waals surface area (Å²) in [5.74, 6) is -0.521. The summed E-state index contributed by atoms with van der Waals surface area (Å²) < 4.78 is 14.7. The summed E-state index contributed by atoms with van der Waals surface area (Å²) in [6.45, 7) is 0.573. The number of imidazole rings is 1. The summed E-state index contributed by atoms with van der Waals surface area (Å²) in [5, 5.41) is 0.